The van der Waals surface area contributed by atoms with E-state index in [1.807, 2.05) is 18.5 Å². The number of ether oxygens (including phenoxy) is 1. The van der Waals surface area contributed by atoms with Crippen LogP contribution in [0.4, 0.5) is 5.95 Å². The molecule has 0 aliphatic carbocycles. The zero-order valence-corrected chi connectivity index (χ0v) is 11.8. The molecule has 2 aromatic rings. The summed E-state index contributed by atoms with van der Waals surface area (Å²) in [4.78, 5) is 4.37. The summed E-state index contributed by atoms with van der Waals surface area (Å²) in [5, 5.41) is 3.36. The summed E-state index contributed by atoms with van der Waals surface area (Å²) in [6.07, 6.45) is 4.69. The molecule has 4 heteroatoms. The fraction of sp³-hybridized carbons (Fsp3) is 0.400. The van der Waals surface area contributed by atoms with Crippen LogP contribution in [0.5, 0.6) is 0 Å². The highest BCUT2D eigenvalue weighted by Crippen LogP contribution is 2.19. The standard InChI is InChI=1S/C15H21N3O/c1-12(2)17-15-16-9-10-18(15)14-7-5-4-6-13(14)8-11-19-3/h4-7,9-10,12H,8,11H2,1-3H3,(H,16,17). The lowest BCUT2D eigenvalue weighted by molar-refractivity contribution is 0.202. The van der Waals surface area contributed by atoms with E-state index in [0.717, 1.165) is 24.7 Å². The molecule has 1 N–H and O–H groups in total. The largest absolute Gasteiger partial charge is 0.384 e. The maximum atomic E-state index is 5.17. The predicted molar refractivity (Wildman–Crippen MR) is 77.9 cm³/mol. The fourth-order valence-corrected chi connectivity index (χ4v) is 2.03. The maximum Gasteiger partial charge on any atom is 0.207 e. The summed E-state index contributed by atoms with van der Waals surface area (Å²) >= 11 is 0. The number of methoxy groups -OCH3 is 1. The Bertz CT molecular complexity index is 520. The average Bonchev–Trinajstić information content (AvgIpc) is 2.84. The first-order chi connectivity index (χ1) is 9.22. The number of imidazole rings is 1. The van der Waals surface area contributed by atoms with Crippen LogP contribution in [0.3, 0.4) is 0 Å². The minimum Gasteiger partial charge on any atom is -0.384 e. The van der Waals surface area contributed by atoms with Crippen LogP contribution in [0.1, 0.15) is 19.4 Å². The molecule has 4 nitrogen and oxygen atoms in total. The molecule has 0 spiro atoms. The Morgan fingerprint density at radius 3 is 2.84 bits per heavy atom. The second-order valence-electron chi connectivity index (χ2n) is 4.79. The highest BCUT2D eigenvalue weighted by molar-refractivity contribution is 5.47. The smallest absolute Gasteiger partial charge is 0.207 e. The Balaban J connectivity index is 2.33. The molecule has 0 saturated heterocycles. The molecule has 0 saturated carbocycles. The van der Waals surface area contributed by atoms with Gasteiger partial charge in [0.1, 0.15) is 0 Å². The molecule has 102 valence electrons. The van der Waals surface area contributed by atoms with Gasteiger partial charge in [-0.15, -0.1) is 0 Å². The fourth-order valence-electron chi connectivity index (χ4n) is 2.03. The van der Waals surface area contributed by atoms with Crippen molar-refractivity contribution in [3.8, 4) is 5.69 Å². The molecule has 19 heavy (non-hydrogen) atoms. The van der Waals surface area contributed by atoms with E-state index in [1.165, 1.54) is 5.56 Å². The van der Waals surface area contributed by atoms with Crippen molar-refractivity contribution < 1.29 is 4.74 Å². The Morgan fingerprint density at radius 1 is 1.32 bits per heavy atom. The van der Waals surface area contributed by atoms with Gasteiger partial charge in [-0.1, -0.05) is 18.2 Å². The highest BCUT2D eigenvalue weighted by atomic mass is 16.5. The summed E-state index contributed by atoms with van der Waals surface area (Å²) in [6, 6.07) is 8.70. The van der Waals surface area contributed by atoms with Crippen LogP contribution in [-0.4, -0.2) is 29.3 Å². The van der Waals surface area contributed by atoms with Crippen molar-refractivity contribution in [2.45, 2.75) is 26.3 Å². The van der Waals surface area contributed by atoms with Crippen molar-refractivity contribution in [3.63, 3.8) is 0 Å². The topological polar surface area (TPSA) is 39.1 Å². The van der Waals surface area contributed by atoms with Gasteiger partial charge >= 0.3 is 0 Å². The van der Waals surface area contributed by atoms with Crippen LogP contribution in [0.25, 0.3) is 5.69 Å². The zero-order chi connectivity index (χ0) is 13.7. The van der Waals surface area contributed by atoms with Gasteiger partial charge in [-0.05, 0) is 31.9 Å². The molecule has 2 rings (SSSR count). The van der Waals surface area contributed by atoms with E-state index >= 15 is 0 Å². The Hall–Kier alpha value is -1.81. The average molecular weight is 259 g/mol. The third-order valence-corrected chi connectivity index (χ3v) is 2.89. The van der Waals surface area contributed by atoms with Crippen molar-refractivity contribution in [2.75, 3.05) is 19.0 Å². The van der Waals surface area contributed by atoms with Crippen LogP contribution < -0.4 is 5.32 Å². The molecule has 0 aliphatic heterocycles. The summed E-state index contributed by atoms with van der Waals surface area (Å²) in [6.45, 7) is 4.93. The molecule has 0 amide bonds. The van der Waals surface area contributed by atoms with Gasteiger partial charge in [0.05, 0.1) is 12.3 Å². The van der Waals surface area contributed by atoms with E-state index in [-0.39, 0.29) is 0 Å². The van der Waals surface area contributed by atoms with Gasteiger partial charge < -0.3 is 10.1 Å². The second kappa shape index (κ2) is 6.38. The lowest BCUT2D eigenvalue weighted by Gasteiger charge is -2.15. The number of nitrogens with one attached hydrogen (secondary N) is 1. The molecule has 1 heterocycles. The summed E-state index contributed by atoms with van der Waals surface area (Å²) in [7, 11) is 1.73. The van der Waals surface area contributed by atoms with Crippen molar-refractivity contribution in [3.05, 3.63) is 42.2 Å². The molecular formula is C15H21N3O. The van der Waals surface area contributed by atoms with Crippen molar-refractivity contribution in [1.82, 2.24) is 9.55 Å². The molecule has 0 bridgehead atoms. The van der Waals surface area contributed by atoms with Crippen LogP contribution in [0.15, 0.2) is 36.7 Å². The third kappa shape index (κ3) is 3.35. The molecule has 1 aromatic heterocycles. The minimum absolute atomic E-state index is 0.354. The lowest BCUT2D eigenvalue weighted by atomic mass is 10.1. The first-order valence-corrected chi connectivity index (χ1v) is 6.59. The maximum absolute atomic E-state index is 5.17. The normalized spacial score (nSPS) is 10.9. The highest BCUT2D eigenvalue weighted by Gasteiger charge is 2.09. The second-order valence-corrected chi connectivity index (χ2v) is 4.79. The van der Waals surface area contributed by atoms with Crippen LogP contribution >= 0.6 is 0 Å². The summed E-state index contributed by atoms with van der Waals surface area (Å²) < 4.78 is 7.26. The van der Waals surface area contributed by atoms with Crippen molar-refractivity contribution in [1.29, 1.82) is 0 Å². The van der Waals surface area contributed by atoms with E-state index < -0.39 is 0 Å². The molecule has 0 radical (unpaired) electrons. The molecule has 0 fully saturated rings. The van der Waals surface area contributed by atoms with Crippen LogP contribution in [0.2, 0.25) is 0 Å². The number of rotatable bonds is 6. The van der Waals surface area contributed by atoms with E-state index in [4.69, 9.17) is 4.74 Å². The number of hydrogen-bond donors (Lipinski definition) is 1. The summed E-state index contributed by atoms with van der Waals surface area (Å²) in [5.41, 5.74) is 2.41. The zero-order valence-electron chi connectivity index (χ0n) is 11.8. The molecule has 1 aromatic carbocycles. The van der Waals surface area contributed by atoms with Gasteiger partial charge in [-0.2, -0.15) is 0 Å². The van der Waals surface area contributed by atoms with Gasteiger partial charge in [-0.3, -0.25) is 4.57 Å². The first kappa shape index (κ1) is 13.6. The van der Waals surface area contributed by atoms with E-state index in [1.54, 1.807) is 7.11 Å². The van der Waals surface area contributed by atoms with Crippen molar-refractivity contribution in [2.24, 2.45) is 0 Å². The third-order valence-electron chi connectivity index (χ3n) is 2.89. The molecule has 0 aliphatic rings. The van der Waals surface area contributed by atoms with E-state index in [2.05, 4.69) is 46.9 Å². The quantitative estimate of drug-likeness (QED) is 0.867. The number of aromatic nitrogens is 2. The van der Waals surface area contributed by atoms with Gasteiger partial charge in [0.15, 0.2) is 0 Å². The monoisotopic (exact) mass is 259 g/mol. The summed E-state index contributed by atoms with van der Waals surface area (Å²) in [5.74, 6) is 0.875. The number of benzene rings is 1. The van der Waals surface area contributed by atoms with Gasteiger partial charge in [-0.25, -0.2) is 4.98 Å². The SMILES string of the molecule is COCCc1ccccc1-n1ccnc1NC(C)C. The van der Waals surface area contributed by atoms with Gasteiger partial charge in [0.2, 0.25) is 5.95 Å². The van der Waals surface area contributed by atoms with E-state index in [9.17, 15) is 0 Å². The lowest BCUT2D eigenvalue weighted by Crippen LogP contribution is -2.14. The van der Waals surface area contributed by atoms with Gasteiger partial charge in [0, 0.05) is 25.5 Å². The Kier molecular flexibility index (Phi) is 4.58. The van der Waals surface area contributed by atoms with Crippen LogP contribution in [-0.2, 0) is 11.2 Å². The van der Waals surface area contributed by atoms with E-state index in [0.29, 0.717) is 6.04 Å². The number of hydrogen-bond acceptors (Lipinski definition) is 3. The van der Waals surface area contributed by atoms with Gasteiger partial charge in [0.25, 0.3) is 0 Å². The Morgan fingerprint density at radius 2 is 2.11 bits per heavy atom. The minimum atomic E-state index is 0.354. The van der Waals surface area contributed by atoms with Crippen LogP contribution in [0, 0.1) is 0 Å². The molecule has 0 unspecified atom stereocenters. The van der Waals surface area contributed by atoms with Crippen molar-refractivity contribution >= 4 is 5.95 Å². The predicted octanol–water partition coefficient (Wildman–Crippen LogP) is 2.88. The molecule has 0 atom stereocenters. The molecular weight excluding hydrogens is 238 g/mol. The number of nitrogens with zero attached hydrogens (tertiary/aromatic N) is 2. The number of anilines is 1. The Labute approximate surface area is 114 Å². The number of para-hydroxylation sites is 1. The first-order valence-electron chi connectivity index (χ1n) is 6.59.